The Morgan fingerprint density at radius 1 is 1.31 bits per heavy atom. The number of carbonyl (C=O) groups excluding carboxylic acids is 2. The average Bonchev–Trinajstić information content (AvgIpc) is 3.25. The number of carbonyl (C=O) groups is 2. The summed E-state index contributed by atoms with van der Waals surface area (Å²) in [7, 11) is 0. The number of amides is 2. The smallest absolute Gasteiger partial charge is 0.231 e. The van der Waals surface area contributed by atoms with E-state index >= 15 is 0 Å². The second-order valence-corrected chi connectivity index (χ2v) is 8.37. The molecule has 1 atom stereocenters. The summed E-state index contributed by atoms with van der Waals surface area (Å²) in [6, 6.07) is 7.99. The maximum Gasteiger partial charge on any atom is 0.231 e. The van der Waals surface area contributed by atoms with E-state index in [2.05, 4.69) is 35.4 Å². The quantitative estimate of drug-likeness (QED) is 0.874. The highest BCUT2D eigenvalue weighted by atomic mass is 32.1. The molecule has 4 rings (SSSR count). The van der Waals surface area contributed by atoms with Crippen molar-refractivity contribution in [3.8, 4) is 0 Å². The largest absolute Gasteiger partial charge is 0.312 e. The van der Waals surface area contributed by atoms with Gasteiger partial charge in [0.25, 0.3) is 0 Å². The molecule has 7 heteroatoms. The number of rotatable bonds is 5. The van der Waals surface area contributed by atoms with Crippen LogP contribution in [-0.4, -0.2) is 28.6 Å². The van der Waals surface area contributed by atoms with Crippen molar-refractivity contribution in [1.82, 2.24) is 10.2 Å². The second-order valence-electron chi connectivity index (χ2n) is 7.36. The van der Waals surface area contributed by atoms with Crippen molar-refractivity contribution in [3.63, 3.8) is 0 Å². The van der Waals surface area contributed by atoms with Crippen molar-refractivity contribution in [2.75, 3.05) is 16.8 Å². The van der Waals surface area contributed by atoms with Crippen LogP contribution in [0.3, 0.4) is 0 Å². The monoisotopic (exact) mass is 370 g/mol. The molecule has 0 spiro atoms. The van der Waals surface area contributed by atoms with Crippen molar-refractivity contribution in [2.45, 2.75) is 44.9 Å². The first kappa shape index (κ1) is 17.1. The standard InChI is InChI=1S/C19H22N4O2S/c1-11(2)13-4-3-5-15(8-13)23-10-14(9-16(23)24)17(25)20-19-22-21-18(26-19)12-6-7-12/h3-5,8,11-12,14H,6-7,9-10H2,1-2H3,(H,20,22,25)/t14-/m1/s1. The predicted molar refractivity (Wildman–Crippen MR) is 102 cm³/mol. The van der Waals surface area contributed by atoms with Gasteiger partial charge in [0.1, 0.15) is 5.01 Å². The minimum absolute atomic E-state index is 0.0120. The van der Waals surface area contributed by atoms with Crippen LogP contribution < -0.4 is 10.2 Å². The van der Waals surface area contributed by atoms with E-state index in [0.29, 0.717) is 23.5 Å². The van der Waals surface area contributed by atoms with Gasteiger partial charge in [0.15, 0.2) is 0 Å². The molecule has 1 aliphatic carbocycles. The molecule has 2 amide bonds. The Morgan fingerprint density at radius 3 is 2.85 bits per heavy atom. The third-order valence-electron chi connectivity index (χ3n) is 4.94. The van der Waals surface area contributed by atoms with Gasteiger partial charge < -0.3 is 10.2 Å². The number of hydrogen-bond acceptors (Lipinski definition) is 5. The van der Waals surface area contributed by atoms with Gasteiger partial charge >= 0.3 is 0 Å². The fourth-order valence-corrected chi connectivity index (χ4v) is 4.09. The Kier molecular flexibility index (Phi) is 4.48. The van der Waals surface area contributed by atoms with Gasteiger partial charge in [-0.25, -0.2) is 0 Å². The number of nitrogens with one attached hydrogen (secondary N) is 1. The summed E-state index contributed by atoms with van der Waals surface area (Å²) in [5.74, 6) is 0.389. The summed E-state index contributed by atoms with van der Waals surface area (Å²) in [6.45, 7) is 4.65. The fraction of sp³-hybridized carbons (Fsp3) is 0.474. The molecule has 1 aliphatic heterocycles. The van der Waals surface area contributed by atoms with Crippen LogP contribution in [0.5, 0.6) is 0 Å². The molecule has 0 radical (unpaired) electrons. The molecular weight excluding hydrogens is 348 g/mol. The molecule has 136 valence electrons. The molecular formula is C19H22N4O2S. The lowest BCUT2D eigenvalue weighted by Crippen LogP contribution is -2.28. The van der Waals surface area contributed by atoms with Crippen molar-refractivity contribution >= 4 is 34.0 Å². The van der Waals surface area contributed by atoms with Crippen molar-refractivity contribution in [3.05, 3.63) is 34.8 Å². The third kappa shape index (κ3) is 3.49. The lowest BCUT2D eigenvalue weighted by Gasteiger charge is -2.18. The van der Waals surface area contributed by atoms with Crippen LogP contribution in [0.15, 0.2) is 24.3 Å². The number of anilines is 2. The molecule has 26 heavy (non-hydrogen) atoms. The molecule has 0 unspecified atom stereocenters. The summed E-state index contributed by atoms with van der Waals surface area (Å²) >= 11 is 1.44. The molecule has 1 aromatic carbocycles. The Morgan fingerprint density at radius 2 is 2.12 bits per heavy atom. The van der Waals surface area contributed by atoms with Crippen LogP contribution in [0.25, 0.3) is 0 Å². The molecule has 2 aromatic rings. The zero-order valence-electron chi connectivity index (χ0n) is 14.9. The molecule has 2 heterocycles. The zero-order valence-corrected chi connectivity index (χ0v) is 15.8. The van der Waals surface area contributed by atoms with Gasteiger partial charge in [-0.3, -0.25) is 9.59 Å². The molecule has 2 fully saturated rings. The molecule has 0 bridgehead atoms. The topological polar surface area (TPSA) is 75.2 Å². The first-order chi connectivity index (χ1) is 12.5. The average molecular weight is 370 g/mol. The van der Waals surface area contributed by atoms with Crippen molar-refractivity contribution in [2.24, 2.45) is 5.92 Å². The van der Waals surface area contributed by atoms with Gasteiger partial charge in [-0.05, 0) is 36.5 Å². The van der Waals surface area contributed by atoms with Crippen molar-refractivity contribution < 1.29 is 9.59 Å². The van der Waals surface area contributed by atoms with E-state index in [1.807, 2.05) is 18.2 Å². The van der Waals surface area contributed by atoms with Crippen LogP contribution >= 0.6 is 11.3 Å². The van der Waals surface area contributed by atoms with Gasteiger partial charge in [0, 0.05) is 24.6 Å². The van der Waals surface area contributed by atoms with Crippen LogP contribution in [0.2, 0.25) is 0 Å². The minimum atomic E-state index is -0.363. The van der Waals surface area contributed by atoms with Gasteiger partial charge in [-0.15, -0.1) is 10.2 Å². The lowest BCUT2D eigenvalue weighted by molar-refractivity contribution is -0.122. The fourth-order valence-electron chi connectivity index (χ4n) is 3.17. The van der Waals surface area contributed by atoms with E-state index in [0.717, 1.165) is 23.5 Å². The molecule has 1 saturated heterocycles. The summed E-state index contributed by atoms with van der Waals surface area (Å²) in [5.41, 5.74) is 2.05. The van der Waals surface area contributed by atoms with Crippen LogP contribution in [0.4, 0.5) is 10.8 Å². The SMILES string of the molecule is CC(C)c1cccc(N2C[C@H](C(=O)Nc3nnc(C4CC4)s3)CC2=O)c1. The van der Waals surface area contributed by atoms with Crippen LogP contribution in [0, 0.1) is 5.92 Å². The molecule has 6 nitrogen and oxygen atoms in total. The summed E-state index contributed by atoms with van der Waals surface area (Å²) < 4.78 is 0. The van der Waals surface area contributed by atoms with E-state index in [-0.39, 0.29) is 24.2 Å². The van der Waals surface area contributed by atoms with E-state index < -0.39 is 0 Å². The number of aromatic nitrogens is 2. The highest BCUT2D eigenvalue weighted by Crippen LogP contribution is 2.42. The molecule has 1 saturated carbocycles. The third-order valence-corrected chi connectivity index (χ3v) is 5.94. The second kappa shape index (κ2) is 6.79. The maximum absolute atomic E-state index is 12.6. The van der Waals surface area contributed by atoms with Crippen molar-refractivity contribution in [1.29, 1.82) is 0 Å². The molecule has 2 aliphatic rings. The van der Waals surface area contributed by atoms with E-state index in [4.69, 9.17) is 0 Å². The molecule has 1 aromatic heterocycles. The van der Waals surface area contributed by atoms with E-state index in [1.54, 1.807) is 4.90 Å². The Balaban J connectivity index is 1.43. The number of hydrogen-bond donors (Lipinski definition) is 1. The Hall–Kier alpha value is -2.28. The first-order valence-electron chi connectivity index (χ1n) is 9.06. The summed E-state index contributed by atoms with van der Waals surface area (Å²) in [5, 5.41) is 12.6. The van der Waals surface area contributed by atoms with Gasteiger partial charge in [-0.1, -0.05) is 37.3 Å². The van der Waals surface area contributed by atoms with E-state index in [1.165, 1.54) is 16.9 Å². The Labute approximate surface area is 156 Å². The maximum atomic E-state index is 12.6. The van der Waals surface area contributed by atoms with Gasteiger partial charge in [0.05, 0.1) is 5.92 Å². The number of benzene rings is 1. The van der Waals surface area contributed by atoms with Crippen LogP contribution in [-0.2, 0) is 9.59 Å². The molecule has 1 N–H and O–H groups in total. The van der Waals surface area contributed by atoms with Crippen LogP contribution in [0.1, 0.15) is 55.5 Å². The lowest BCUT2D eigenvalue weighted by atomic mass is 10.0. The zero-order chi connectivity index (χ0) is 18.3. The highest BCUT2D eigenvalue weighted by molar-refractivity contribution is 7.15. The summed E-state index contributed by atoms with van der Waals surface area (Å²) in [4.78, 5) is 26.7. The first-order valence-corrected chi connectivity index (χ1v) is 9.87. The number of nitrogens with zero attached hydrogens (tertiary/aromatic N) is 3. The summed E-state index contributed by atoms with van der Waals surface area (Å²) in [6.07, 6.45) is 2.54. The normalized spacial score (nSPS) is 20.0. The minimum Gasteiger partial charge on any atom is -0.312 e. The Bertz CT molecular complexity index is 844. The highest BCUT2D eigenvalue weighted by Gasteiger charge is 2.36. The van der Waals surface area contributed by atoms with Gasteiger partial charge in [0.2, 0.25) is 16.9 Å². The predicted octanol–water partition coefficient (Wildman–Crippen LogP) is 3.53. The van der Waals surface area contributed by atoms with Gasteiger partial charge in [-0.2, -0.15) is 0 Å². The van der Waals surface area contributed by atoms with E-state index in [9.17, 15) is 9.59 Å².